The topological polar surface area (TPSA) is 54.0 Å². The number of aryl methyl sites for hydroxylation is 1. The number of thiophene rings is 1. The van der Waals surface area contributed by atoms with Gasteiger partial charge in [0.2, 0.25) is 5.91 Å². The summed E-state index contributed by atoms with van der Waals surface area (Å²) in [7, 11) is 5.50. The lowest BCUT2D eigenvalue weighted by Crippen LogP contribution is -2.46. The predicted octanol–water partition coefficient (Wildman–Crippen LogP) is 3.68. The van der Waals surface area contributed by atoms with E-state index in [-0.39, 0.29) is 11.9 Å². The Morgan fingerprint density at radius 3 is 2.17 bits per heavy atom. The van der Waals surface area contributed by atoms with E-state index in [2.05, 4.69) is 48.1 Å². The van der Waals surface area contributed by atoms with Crippen LogP contribution in [0.4, 0.5) is 5.00 Å². The number of carbonyl (C=O) groups is 1. The first-order chi connectivity index (χ1) is 13.8. The van der Waals surface area contributed by atoms with Gasteiger partial charge in [-0.25, -0.2) is 0 Å². The lowest BCUT2D eigenvalue weighted by atomic mass is 9.94. The van der Waals surface area contributed by atoms with Crippen molar-refractivity contribution in [3.8, 4) is 11.5 Å². The molecule has 1 fully saturated rings. The molecular weight excluding hydrogens is 386 g/mol. The van der Waals surface area contributed by atoms with Gasteiger partial charge < -0.3 is 19.7 Å². The fourth-order valence-corrected chi connectivity index (χ4v) is 4.99. The number of anilines is 1. The molecule has 1 N–H and O–H groups in total. The van der Waals surface area contributed by atoms with Gasteiger partial charge in [0.05, 0.1) is 20.3 Å². The summed E-state index contributed by atoms with van der Waals surface area (Å²) in [5.74, 6) is 1.49. The van der Waals surface area contributed by atoms with Crippen LogP contribution in [0.2, 0.25) is 0 Å². The maximum absolute atomic E-state index is 11.9. The molecule has 1 aromatic heterocycles. The van der Waals surface area contributed by atoms with Gasteiger partial charge in [-0.05, 0) is 44.2 Å². The average Bonchev–Trinajstić information content (AvgIpc) is 2.96. The lowest BCUT2D eigenvalue weighted by Gasteiger charge is -2.39. The van der Waals surface area contributed by atoms with Crippen molar-refractivity contribution in [2.75, 3.05) is 52.8 Å². The van der Waals surface area contributed by atoms with Crippen LogP contribution in [0.25, 0.3) is 0 Å². The van der Waals surface area contributed by atoms with Crippen molar-refractivity contribution in [2.45, 2.75) is 26.8 Å². The van der Waals surface area contributed by atoms with Crippen LogP contribution < -0.4 is 14.8 Å². The van der Waals surface area contributed by atoms with Gasteiger partial charge in [-0.2, -0.15) is 0 Å². The van der Waals surface area contributed by atoms with Crippen molar-refractivity contribution >= 4 is 22.2 Å². The van der Waals surface area contributed by atoms with E-state index in [4.69, 9.17) is 9.47 Å². The van der Waals surface area contributed by atoms with Gasteiger partial charge in [0, 0.05) is 49.6 Å². The van der Waals surface area contributed by atoms with Crippen LogP contribution in [-0.2, 0) is 4.79 Å². The molecule has 0 saturated carbocycles. The first kappa shape index (κ1) is 21.6. The number of nitrogens with one attached hydrogen (secondary N) is 1. The fourth-order valence-electron chi connectivity index (χ4n) is 3.85. The number of nitrogens with zero attached hydrogens (tertiary/aromatic N) is 2. The third-order valence-electron chi connectivity index (χ3n) is 5.59. The van der Waals surface area contributed by atoms with Crippen molar-refractivity contribution in [2.24, 2.45) is 0 Å². The highest BCUT2D eigenvalue weighted by Crippen LogP contribution is 2.43. The second-order valence-electron chi connectivity index (χ2n) is 7.60. The summed E-state index contributed by atoms with van der Waals surface area (Å²) in [6, 6.07) is 6.06. The Kier molecular flexibility index (Phi) is 6.82. The molecule has 3 rings (SSSR count). The molecule has 1 aromatic carbocycles. The first-order valence-electron chi connectivity index (χ1n) is 9.87. The standard InChI is InChI=1S/C22H31N3O3S/c1-14-15(2)29-22(23-16(3)26)20(14)21(25-9-7-24(4)8-10-25)17-11-18(27-5)13-19(12-17)28-6/h11-13,21H,7-10H2,1-6H3,(H,23,26)/t21-/m0/s1. The molecule has 2 aromatic rings. The van der Waals surface area contributed by atoms with Crippen molar-refractivity contribution in [3.63, 3.8) is 0 Å². The van der Waals surface area contributed by atoms with Gasteiger partial charge in [0.15, 0.2) is 0 Å². The maximum Gasteiger partial charge on any atom is 0.221 e. The molecular formula is C22H31N3O3S. The molecule has 0 unspecified atom stereocenters. The summed E-state index contributed by atoms with van der Waals surface area (Å²) in [5.41, 5.74) is 3.50. The molecule has 0 bridgehead atoms. The summed E-state index contributed by atoms with van der Waals surface area (Å²) in [6.07, 6.45) is 0. The molecule has 29 heavy (non-hydrogen) atoms. The molecule has 7 heteroatoms. The first-order valence-corrected chi connectivity index (χ1v) is 10.7. The molecule has 1 amide bonds. The number of methoxy groups -OCH3 is 2. The zero-order valence-electron chi connectivity index (χ0n) is 18.2. The van der Waals surface area contributed by atoms with E-state index in [1.165, 1.54) is 16.0 Å². The molecule has 158 valence electrons. The number of carbonyl (C=O) groups excluding carboxylic acids is 1. The molecule has 1 saturated heterocycles. The van der Waals surface area contributed by atoms with Gasteiger partial charge in [-0.1, -0.05) is 0 Å². The van der Waals surface area contributed by atoms with Crippen molar-refractivity contribution in [3.05, 3.63) is 39.8 Å². The quantitative estimate of drug-likeness (QED) is 0.777. The highest BCUT2D eigenvalue weighted by molar-refractivity contribution is 7.16. The zero-order valence-corrected chi connectivity index (χ0v) is 19.0. The molecule has 0 spiro atoms. The third kappa shape index (κ3) is 4.74. The highest BCUT2D eigenvalue weighted by Gasteiger charge is 2.31. The summed E-state index contributed by atoms with van der Waals surface area (Å²) in [5, 5.41) is 4.00. The Hall–Kier alpha value is -2.09. The molecule has 1 aliphatic rings. The number of ether oxygens (including phenoxy) is 2. The number of piperazine rings is 1. The van der Waals surface area contributed by atoms with Gasteiger partial charge in [-0.3, -0.25) is 9.69 Å². The number of rotatable bonds is 6. The molecule has 2 heterocycles. The fraction of sp³-hybridized carbons (Fsp3) is 0.500. The van der Waals surface area contributed by atoms with Crippen LogP contribution in [0.15, 0.2) is 18.2 Å². The van der Waals surface area contributed by atoms with Crippen LogP contribution in [0.3, 0.4) is 0 Å². The highest BCUT2D eigenvalue weighted by atomic mass is 32.1. The van der Waals surface area contributed by atoms with E-state index < -0.39 is 0 Å². The Labute approximate surface area is 177 Å². The SMILES string of the molecule is COc1cc(OC)cc([C@@H](c2c(NC(C)=O)sc(C)c2C)N2CCN(C)CC2)c1. The lowest BCUT2D eigenvalue weighted by molar-refractivity contribution is -0.114. The molecule has 0 radical (unpaired) electrons. The molecule has 1 atom stereocenters. The normalized spacial score (nSPS) is 16.5. The van der Waals surface area contributed by atoms with Crippen LogP contribution in [0.1, 0.15) is 34.5 Å². The van der Waals surface area contributed by atoms with E-state index in [0.717, 1.165) is 48.2 Å². The predicted molar refractivity (Wildman–Crippen MR) is 119 cm³/mol. The summed E-state index contributed by atoms with van der Waals surface area (Å²) < 4.78 is 11.1. The summed E-state index contributed by atoms with van der Waals surface area (Å²) >= 11 is 1.65. The number of benzene rings is 1. The Morgan fingerprint density at radius 1 is 1.07 bits per heavy atom. The van der Waals surface area contributed by atoms with E-state index in [0.29, 0.717) is 0 Å². The zero-order chi connectivity index (χ0) is 21.1. The van der Waals surface area contributed by atoms with Crippen LogP contribution in [0.5, 0.6) is 11.5 Å². The van der Waals surface area contributed by atoms with E-state index in [9.17, 15) is 4.79 Å². The van der Waals surface area contributed by atoms with Gasteiger partial charge >= 0.3 is 0 Å². The van der Waals surface area contributed by atoms with Gasteiger partial charge in [0.1, 0.15) is 16.5 Å². The van der Waals surface area contributed by atoms with E-state index in [1.54, 1.807) is 32.5 Å². The second kappa shape index (κ2) is 9.15. The number of likely N-dealkylation sites (N-methyl/N-ethyl adjacent to an activating group) is 1. The largest absolute Gasteiger partial charge is 0.497 e. The Bertz CT molecular complexity index is 850. The molecule has 6 nitrogen and oxygen atoms in total. The van der Waals surface area contributed by atoms with Gasteiger partial charge in [-0.15, -0.1) is 11.3 Å². The van der Waals surface area contributed by atoms with Crippen molar-refractivity contribution < 1.29 is 14.3 Å². The Balaban J connectivity index is 2.16. The average molecular weight is 418 g/mol. The Morgan fingerprint density at radius 2 is 1.66 bits per heavy atom. The third-order valence-corrected chi connectivity index (χ3v) is 6.73. The van der Waals surface area contributed by atoms with Crippen LogP contribution >= 0.6 is 11.3 Å². The maximum atomic E-state index is 11.9. The van der Waals surface area contributed by atoms with Crippen molar-refractivity contribution in [1.29, 1.82) is 0 Å². The number of amides is 1. The van der Waals surface area contributed by atoms with Gasteiger partial charge in [0.25, 0.3) is 0 Å². The summed E-state index contributed by atoms with van der Waals surface area (Å²) in [4.78, 5) is 18.0. The number of hydrogen-bond donors (Lipinski definition) is 1. The van der Waals surface area contributed by atoms with Crippen LogP contribution in [0, 0.1) is 13.8 Å². The molecule has 0 aliphatic carbocycles. The second-order valence-corrected chi connectivity index (χ2v) is 8.82. The van der Waals surface area contributed by atoms with E-state index in [1.807, 2.05) is 6.07 Å². The number of hydrogen-bond acceptors (Lipinski definition) is 6. The van der Waals surface area contributed by atoms with Crippen molar-refractivity contribution in [1.82, 2.24) is 9.80 Å². The minimum absolute atomic E-state index is 0.0134. The monoisotopic (exact) mass is 417 g/mol. The minimum Gasteiger partial charge on any atom is -0.497 e. The minimum atomic E-state index is -0.0483. The smallest absolute Gasteiger partial charge is 0.221 e. The van der Waals surface area contributed by atoms with Crippen LogP contribution in [-0.4, -0.2) is 63.2 Å². The summed E-state index contributed by atoms with van der Waals surface area (Å²) in [6.45, 7) is 9.75. The van der Waals surface area contributed by atoms with E-state index >= 15 is 0 Å². The molecule has 1 aliphatic heterocycles.